The van der Waals surface area contributed by atoms with E-state index in [1.165, 1.54) is 10.6 Å². The molecule has 90 valence electrons. The first-order valence-corrected chi connectivity index (χ1v) is 6.67. The van der Waals surface area contributed by atoms with Crippen molar-refractivity contribution in [1.82, 2.24) is 9.78 Å². The summed E-state index contributed by atoms with van der Waals surface area (Å²) in [4.78, 5) is 1.20. The number of hydrogen-bond acceptors (Lipinski definition) is 3. The molecule has 0 atom stereocenters. The molecule has 0 aliphatic heterocycles. The highest BCUT2D eigenvalue weighted by molar-refractivity contribution is 7.98. The average Bonchev–Trinajstić information content (AvgIpc) is 2.68. The van der Waals surface area contributed by atoms with E-state index in [2.05, 4.69) is 24.2 Å². The van der Waals surface area contributed by atoms with E-state index < -0.39 is 0 Å². The molecule has 0 unspecified atom stereocenters. The Balaban J connectivity index is 2.04. The van der Waals surface area contributed by atoms with Crippen LogP contribution in [-0.4, -0.2) is 9.78 Å². The molecule has 0 fully saturated rings. The van der Waals surface area contributed by atoms with E-state index in [0.717, 1.165) is 23.6 Å². The maximum absolute atomic E-state index is 5.75. The number of aromatic nitrogens is 2. The summed E-state index contributed by atoms with van der Waals surface area (Å²) in [5.41, 5.74) is 8.96. The number of thioether (sulfide) groups is 1. The van der Waals surface area contributed by atoms with Crippen LogP contribution in [0, 0.1) is 0 Å². The van der Waals surface area contributed by atoms with Crippen molar-refractivity contribution in [3.05, 3.63) is 41.7 Å². The van der Waals surface area contributed by atoms with Crippen LogP contribution in [0.2, 0.25) is 0 Å². The number of hydrogen-bond donors (Lipinski definition) is 1. The molecule has 17 heavy (non-hydrogen) atoms. The Labute approximate surface area is 106 Å². The Morgan fingerprint density at radius 2 is 2.18 bits per heavy atom. The van der Waals surface area contributed by atoms with Crippen LogP contribution in [0.25, 0.3) is 0 Å². The van der Waals surface area contributed by atoms with Crippen LogP contribution < -0.4 is 5.73 Å². The van der Waals surface area contributed by atoms with Gasteiger partial charge in [-0.1, -0.05) is 13.0 Å². The molecule has 0 saturated heterocycles. The molecular weight excluding hydrogens is 230 g/mol. The van der Waals surface area contributed by atoms with Crippen molar-refractivity contribution in [2.45, 2.75) is 24.0 Å². The molecule has 0 spiro atoms. The molecule has 0 radical (unpaired) electrons. The Morgan fingerprint density at radius 1 is 1.35 bits per heavy atom. The first-order chi connectivity index (χ1) is 8.19. The van der Waals surface area contributed by atoms with Gasteiger partial charge in [-0.3, -0.25) is 4.68 Å². The second-order valence-corrected chi connectivity index (χ2v) is 5.01. The average molecular weight is 247 g/mol. The normalized spacial score (nSPS) is 10.7. The highest BCUT2D eigenvalue weighted by atomic mass is 32.2. The maximum atomic E-state index is 5.75. The predicted molar refractivity (Wildman–Crippen MR) is 73.0 cm³/mol. The molecule has 3 nitrogen and oxygen atoms in total. The fraction of sp³-hybridized carbons (Fsp3) is 0.308. The van der Waals surface area contributed by atoms with Crippen molar-refractivity contribution >= 4 is 17.4 Å². The zero-order valence-electron chi connectivity index (χ0n) is 10.2. The lowest BCUT2D eigenvalue weighted by Crippen LogP contribution is -1.96. The van der Waals surface area contributed by atoms with Gasteiger partial charge >= 0.3 is 0 Å². The lowest BCUT2D eigenvalue weighted by Gasteiger charge is -2.03. The molecule has 2 aromatic rings. The molecule has 2 N–H and O–H groups in total. The van der Waals surface area contributed by atoms with Crippen LogP contribution in [0.4, 0.5) is 5.69 Å². The Bertz CT molecular complexity index is 505. The van der Waals surface area contributed by atoms with Gasteiger partial charge in [0.1, 0.15) is 0 Å². The lowest BCUT2D eigenvalue weighted by atomic mass is 10.3. The van der Waals surface area contributed by atoms with E-state index in [4.69, 9.17) is 5.73 Å². The van der Waals surface area contributed by atoms with Crippen LogP contribution in [0.3, 0.4) is 0 Å². The quantitative estimate of drug-likeness (QED) is 0.667. The van der Waals surface area contributed by atoms with Gasteiger partial charge in [-0.15, -0.1) is 11.8 Å². The summed E-state index contributed by atoms with van der Waals surface area (Å²) in [7, 11) is 1.99. The topological polar surface area (TPSA) is 43.8 Å². The van der Waals surface area contributed by atoms with E-state index in [1.807, 2.05) is 29.9 Å². The number of aryl methyl sites for hydroxylation is 2. The number of nitrogen functional groups attached to an aromatic ring is 1. The largest absolute Gasteiger partial charge is 0.399 e. The van der Waals surface area contributed by atoms with E-state index in [-0.39, 0.29) is 0 Å². The van der Waals surface area contributed by atoms with Gasteiger partial charge in [0.2, 0.25) is 0 Å². The highest BCUT2D eigenvalue weighted by Crippen LogP contribution is 2.24. The summed E-state index contributed by atoms with van der Waals surface area (Å²) < 4.78 is 1.96. The Hall–Kier alpha value is -1.42. The van der Waals surface area contributed by atoms with Gasteiger partial charge in [0.15, 0.2) is 0 Å². The van der Waals surface area contributed by atoms with Crippen LogP contribution in [0.1, 0.15) is 18.3 Å². The summed E-state index contributed by atoms with van der Waals surface area (Å²) in [6, 6.07) is 10.1. The third-order valence-electron chi connectivity index (χ3n) is 2.63. The van der Waals surface area contributed by atoms with Crippen LogP contribution in [0.15, 0.2) is 35.2 Å². The number of anilines is 1. The third kappa shape index (κ3) is 3.03. The van der Waals surface area contributed by atoms with Gasteiger partial charge in [0, 0.05) is 29.1 Å². The Morgan fingerprint density at radius 3 is 2.82 bits per heavy atom. The second-order valence-electron chi connectivity index (χ2n) is 3.97. The molecule has 1 aromatic heterocycles. The molecule has 2 rings (SSSR count). The van der Waals surface area contributed by atoms with Gasteiger partial charge in [-0.25, -0.2) is 0 Å². The van der Waals surface area contributed by atoms with Crippen molar-refractivity contribution < 1.29 is 0 Å². The molecule has 0 amide bonds. The monoisotopic (exact) mass is 247 g/mol. The summed E-state index contributed by atoms with van der Waals surface area (Å²) in [5, 5.41) is 4.44. The van der Waals surface area contributed by atoms with Gasteiger partial charge in [0.25, 0.3) is 0 Å². The minimum absolute atomic E-state index is 0.814. The highest BCUT2D eigenvalue weighted by Gasteiger charge is 2.04. The molecule has 1 heterocycles. The number of nitrogens with zero attached hydrogens (tertiary/aromatic N) is 2. The third-order valence-corrected chi connectivity index (χ3v) is 3.66. The van der Waals surface area contributed by atoms with Gasteiger partial charge in [-0.05, 0) is 30.7 Å². The molecule has 0 saturated carbocycles. The summed E-state index contributed by atoms with van der Waals surface area (Å²) in [5.74, 6) is 0.924. The first-order valence-electron chi connectivity index (χ1n) is 5.69. The fourth-order valence-electron chi connectivity index (χ4n) is 1.64. The molecule has 0 aliphatic carbocycles. The van der Waals surface area contributed by atoms with Crippen LogP contribution in [0.5, 0.6) is 0 Å². The van der Waals surface area contributed by atoms with Crippen molar-refractivity contribution in [2.75, 3.05) is 5.73 Å². The molecule has 0 bridgehead atoms. The number of benzene rings is 1. The van der Waals surface area contributed by atoms with Gasteiger partial charge < -0.3 is 5.73 Å². The van der Waals surface area contributed by atoms with Crippen LogP contribution >= 0.6 is 11.8 Å². The first kappa shape index (κ1) is 12.0. The number of nitrogens with two attached hydrogens (primary N) is 1. The predicted octanol–water partition coefficient (Wildman–Crippen LogP) is 2.86. The summed E-state index contributed by atoms with van der Waals surface area (Å²) >= 11 is 1.78. The maximum Gasteiger partial charge on any atom is 0.0625 e. The lowest BCUT2D eigenvalue weighted by molar-refractivity contribution is 0.720. The van der Waals surface area contributed by atoms with Crippen molar-refractivity contribution in [2.24, 2.45) is 7.05 Å². The smallest absolute Gasteiger partial charge is 0.0625 e. The molecule has 1 aromatic carbocycles. The Kier molecular flexibility index (Phi) is 3.74. The fourth-order valence-corrected chi connectivity index (χ4v) is 2.62. The molecule has 0 aliphatic rings. The van der Waals surface area contributed by atoms with Crippen molar-refractivity contribution in [3.63, 3.8) is 0 Å². The van der Waals surface area contributed by atoms with E-state index in [0.29, 0.717) is 0 Å². The standard InChI is InChI=1S/C13H17N3S/c1-3-11-8-12(16(2)15-11)9-17-13-6-4-5-10(14)7-13/h4-8H,3,9,14H2,1-2H3. The van der Waals surface area contributed by atoms with Gasteiger partial charge in [-0.2, -0.15) is 5.10 Å². The minimum atomic E-state index is 0.814. The number of rotatable bonds is 4. The van der Waals surface area contributed by atoms with Crippen LogP contribution in [-0.2, 0) is 19.2 Å². The van der Waals surface area contributed by atoms with E-state index in [9.17, 15) is 0 Å². The molecule has 4 heteroatoms. The zero-order chi connectivity index (χ0) is 12.3. The SMILES string of the molecule is CCc1cc(CSc2cccc(N)c2)n(C)n1. The minimum Gasteiger partial charge on any atom is -0.399 e. The van der Waals surface area contributed by atoms with E-state index in [1.54, 1.807) is 11.8 Å². The summed E-state index contributed by atoms with van der Waals surface area (Å²) in [6.07, 6.45) is 0.983. The summed E-state index contributed by atoms with van der Waals surface area (Å²) in [6.45, 7) is 2.12. The van der Waals surface area contributed by atoms with E-state index >= 15 is 0 Å². The van der Waals surface area contributed by atoms with Gasteiger partial charge in [0.05, 0.1) is 5.69 Å². The van der Waals surface area contributed by atoms with Crippen molar-refractivity contribution in [1.29, 1.82) is 0 Å². The van der Waals surface area contributed by atoms with Crippen molar-refractivity contribution in [3.8, 4) is 0 Å². The molecular formula is C13H17N3S. The zero-order valence-corrected chi connectivity index (χ0v) is 11.0. The second kappa shape index (κ2) is 5.27.